The summed E-state index contributed by atoms with van der Waals surface area (Å²) in [5.41, 5.74) is 1.13. The van der Waals surface area contributed by atoms with Gasteiger partial charge in [-0.05, 0) is 54.4 Å². The Hall–Kier alpha value is -1.15. The smallest absolute Gasteiger partial charge is 0.137 e. The van der Waals surface area contributed by atoms with Crippen molar-refractivity contribution in [3.05, 3.63) is 70.2 Å². The number of halogens is 2. The predicted octanol–water partition coefficient (Wildman–Crippen LogP) is 6.05. The number of aryl methyl sites for hydroxylation is 1. The van der Waals surface area contributed by atoms with Crippen molar-refractivity contribution < 1.29 is 4.39 Å². The van der Waals surface area contributed by atoms with Crippen LogP contribution in [0, 0.1) is 5.41 Å². The van der Waals surface area contributed by atoms with Gasteiger partial charge in [0.15, 0.2) is 0 Å². The van der Waals surface area contributed by atoms with Crippen molar-refractivity contribution in [2.24, 2.45) is 5.41 Å². The molecule has 1 aliphatic rings. The van der Waals surface area contributed by atoms with Gasteiger partial charge in [0, 0.05) is 4.47 Å². The minimum atomic E-state index is -1.14. The van der Waals surface area contributed by atoms with Gasteiger partial charge in [0.1, 0.15) is 5.67 Å². The summed E-state index contributed by atoms with van der Waals surface area (Å²) in [6.45, 7) is 2.21. The van der Waals surface area contributed by atoms with E-state index in [1.165, 1.54) is 5.56 Å². The average molecular weight is 347 g/mol. The third-order valence-corrected chi connectivity index (χ3v) is 5.11. The lowest BCUT2D eigenvalue weighted by atomic mass is 9.57. The molecule has 0 N–H and O–H groups in total. The lowest BCUT2D eigenvalue weighted by molar-refractivity contribution is -0.0667. The van der Waals surface area contributed by atoms with Gasteiger partial charge in [0.05, 0.1) is 0 Å². The maximum absolute atomic E-state index is 15.0. The maximum atomic E-state index is 15.0. The second-order valence-electron chi connectivity index (χ2n) is 6.63. The van der Waals surface area contributed by atoms with Crippen molar-refractivity contribution in [1.82, 2.24) is 0 Å². The molecule has 2 aromatic carbocycles. The van der Waals surface area contributed by atoms with Gasteiger partial charge in [-0.15, -0.1) is 0 Å². The summed E-state index contributed by atoms with van der Waals surface area (Å²) < 4.78 is 16.0. The lowest BCUT2D eigenvalue weighted by Gasteiger charge is -2.50. The summed E-state index contributed by atoms with van der Waals surface area (Å²) >= 11 is 3.43. The molecule has 0 aliphatic heterocycles. The fraction of sp³-hybridized carbons (Fsp3) is 0.368. The van der Waals surface area contributed by atoms with Crippen LogP contribution in [0.15, 0.2) is 59.1 Å². The number of hydrogen-bond acceptors (Lipinski definition) is 0. The van der Waals surface area contributed by atoms with Crippen molar-refractivity contribution in [3.8, 4) is 0 Å². The molecule has 0 amide bonds. The number of hydrogen-bond donors (Lipinski definition) is 0. The molecule has 21 heavy (non-hydrogen) atoms. The second-order valence-corrected chi connectivity index (χ2v) is 7.54. The van der Waals surface area contributed by atoms with E-state index >= 15 is 4.39 Å². The Kier molecular flexibility index (Phi) is 3.92. The Bertz CT molecular complexity index is 614. The highest BCUT2D eigenvalue weighted by Gasteiger charge is 2.53. The van der Waals surface area contributed by atoms with Crippen LogP contribution in [0.3, 0.4) is 0 Å². The van der Waals surface area contributed by atoms with Crippen LogP contribution in [0.5, 0.6) is 0 Å². The molecule has 1 saturated carbocycles. The van der Waals surface area contributed by atoms with Gasteiger partial charge in [-0.3, -0.25) is 0 Å². The largest absolute Gasteiger partial charge is 0.239 e. The molecule has 0 spiro atoms. The monoisotopic (exact) mass is 346 g/mol. The number of alkyl halides is 1. The molecule has 0 heterocycles. The molecule has 0 nitrogen and oxygen atoms in total. The van der Waals surface area contributed by atoms with Crippen molar-refractivity contribution in [1.29, 1.82) is 0 Å². The van der Waals surface area contributed by atoms with Gasteiger partial charge in [0.25, 0.3) is 0 Å². The average Bonchev–Trinajstić information content (AvgIpc) is 2.45. The van der Waals surface area contributed by atoms with E-state index in [2.05, 4.69) is 47.1 Å². The van der Waals surface area contributed by atoms with Crippen LogP contribution >= 0.6 is 15.9 Å². The van der Waals surface area contributed by atoms with Gasteiger partial charge in [-0.25, -0.2) is 4.39 Å². The van der Waals surface area contributed by atoms with E-state index in [4.69, 9.17) is 0 Å². The van der Waals surface area contributed by atoms with Crippen LogP contribution in [0.1, 0.15) is 37.3 Å². The molecule has 0 unspecified atom stereocenters. The van der Waals surface area contributed by atoms with Crippen molar-refractivity contribution in [2.45, 2.75) is 38.3 Å². The molecule has 0 atom stereocenters. The highest BCUT2D eigenvalue weighted by atomic mass is 79.9. The Morgan fingerprint density at radius 2 is 1.76 bits per heavy atom. The molecular formula is C19H20BrF. The quantitative estimate of drug-likeness (QED) is 0.632. The normalized spacial score (nSPS) is 28.1. The van der Waals surface area contributed by atoms with E-state index in [9.17, 15) is 0 Å². The van der Waals surface area contributed by atoms with Crippen LogP contribution in [0.2, 0.25) is 0 Å². The van der Waals surface area contributed by atoms with E-state index in [-0.39, 0.29) is 5.41 Å². The van der Waals surface area contributed by atoms with Gasteiger partial charge in [-0.2, -0.15) is 0 Å². The molecule has 0 saturated heterocycles. The van der Waals surface area contributed by atoms with Gasteiger partial charge in [-0.1, -0.05) is 65.3 Å². The zero-order valence-electron chi connectivity index (χ0n) is 12.3. The van der Waals surface area contributed by atoms with Crippen molar-refractivity contribution in [3.63, 3.8) is 0 Å². The molecule has 0 bridgehead atoms. The Morgan fingerprint density at radius 1 is 1.05 bits per heavy atom. The lowest BCUT2D eigenvalue weighted by Crippen LogP contribution is -2.45. The van der Waals surface area contributed by atoms with Crippen LogP contribution in [-0.2, 0) is 12.1 Å². The molecule has 0 aromatic heterocycles. The van der Waals surface area contributed by atoms with E-state index in [1.54, 1.807) is 0 Å². The van der Waals surface area contributed by atoms with Gasteiger partial charge in [0.2, 0.25) is 0 Å². The van der Waals surface area contributed by atoms with E-state index in [0.29, 0.717) is 12.8 Å². The van der Waals surface area contributed by atoms with Gasteiger partial charge >= 0.3 is 0 Å². The molecule has 110 valence electrons. The maximum Gasteiger partial charge on any atom is 0.137 e. The third-order valence-electron chi connectivity index (χ3n) is 4.62. The highest BCUT2D eigenvalue weighted by molar-refractivity contribution is 9.10. The third kappa shape index (κ3) is 3.21. The summed E-state index contributed by atoms with van der Waals surface area (Å²) in [6, 6.07) is 18.2. The Morgan fingerprint density at radius 3 is 2.43 bits per heavy atom. The summed E-state index contributed by atoms with van der Waals surface area (Å²) in [7, 11) is 0. The zero-order valence-corrected chi connectivity index (χ0v) is 13.9. The van der Waals surface area contributed by atoms with Crippen LogP contribution in [-0.4, -0.2) is 0 Å². The first-order valence-electron chi connectivity index (χ1n) is 7.48. The minimum Gasteiger partial charge on any atom is -0.239 e. The van der Waals surface area contributed by atoms with Crippen LogP contribution < -0.4 is 0 Å². The van der Waals surface area contributed by atoms with E-state index in [1.807, 2.05) is 30.3 Å². The first-order chi connectivity index (χ1) is 9.99. The fourth-order valence-corrected chi connectivity index (χ4v) is 3.94. The minimum absolute atomic E-state index is 0.118. The molecule has 2 heteroatoms. The summed E-state index contributed by atoms with van der Waals surface area (Å²) in [6.07, 6.45) is 3.34. The van der Waals surface area contributed by atoms with Crippen LogP contribution in [0.4, 0.5) is 4.39 Å². The standard InChI is InChI=1S/C19H20BrF/c1-18(11-10-15-6-3-2-4-7-15)13-19(21,14-18)16-8-5-9-17(20)12-16/h2-9,12H,10-11,13-14H2,1H3. The SMILES string of the molecule is CC1(CCc2ccccc2)CC(F)(c2cccc(Br)c2)C1. The molecule has 1 aliphatic carbocycles. The first kappa shape index (κ1) is 14.8. The fourth-order valence-electron chi connectivity index (χ4n) is 3.54. The topological polar surface area (TPSA) is 0 Å². The molecule has 2 aromatic rings. The van der Waals surface area contributed by atoms with Crippen molar-refractivity contribution in [2.75, 3.05) is 0 Å². The highest BCUT2D eigenvalue weighted by Crippen LogP contribution is 2.58. The Labute approximate surface area is 134 Å². The predicted molar refractivity (Wildman–Crippen MR) is 89.0 cm³/mol. The Balaban J connectivity index is 1.63. The first-order valence-corrected chi connectivity index (χ1v) is 8.27. The van der Waals surface area contributed by atoms with E-state index < -0.39 is 5.67 Å². The molecule has 3 rings (SSSR count). The second kappa shape index (κ2) is 5.57. The van der Waals surface area contributed by atoms with Gasteiger partial charge < -0.3 is 0 Å². The zero-order chi connectivity index (χ0) is 14.9. The van der Waals surface area contributed by atoms with Crippen LogP contribution in [0.25, 0.3) is 0 Å². The van der Waals surface area contributed by atoms with E-state index in [0.717, 1.165) is 22.9 Å². The molecular weight excluding hydrogens is 327 g/mol. The summed E-state index contributed by atoms with van der Waals surface area (Å²) in [5.74, 6) is 0. The molecule has 1 fully saturated rings. The number of rotatable bonds is 4. The summed E-state index contributed by atoms with van der Waals surface area (Å²) in [5, 5.41) is 0. The molecule has 0 radical (unpaired) electrons. The number of benzene rings is 2. The van der Waals surface area contributed by atoms with Crippen molar-refractivity contribution >= 4 is 15.9 Å². The summed E-state index contributed by atoms with van der Waals surface area (Å²) in [4.78, 5) is 0.